The van der Waals surface area contributed by atoms with Crippen LogP contribution in [0.3, 0.4) is 0 Å². The Morgan fingerprint density at radius 2 is 2.09 bits per heavy atom. The standard InChI is InChI=1S/C9H16O2/c1-9(2)6-4-3-5-7(9)8(10)11/h7H,3-6H2,1-2H3,(H,10,11)/t7-/m0/s1. The van der Waals surface area contributed by atoms with Crippen LogP contribution in [0.1, 0.15) is 39.5 Å². The first kappa shape index (κ1) is 8.57. The van der Waals surface area contributed by atoms with Gasteiger partial charge in [0.05, 0.1) is 5.92 Å². The van der Waals surface area contributed by atoms with Crippen molar-refractivity contribution in [3.8, 4) is 0 Å². The summed E-state index contributed by atoms with van der Waals surface area (Å²) in [4.78, 5) is 10.8. The Hall–Kier alpha value is -0.530. The number of aliphatic carboxylic acids is 1. The predicted octanol–water partition coefficient (Wildman–Crippen LogP) is 2.29. The molecule has 0 aromatic carbocycles. The molecular formula is C9H16O2. The van der Waals surface area contributed by atoms with Crippen LogP contribution in [0, 0.1) is 11.3 Å². The second-order valence-corrected chi connectivity index (χ2v) is 4.13. The van der Waals surface area contributed by atoms with Gasteiger partial charge >= 0.3 is 5.97 Å². The minimum Gasteiger partial charge on any atom is -0.481 e. The molecule has 11 heavy (non-hydrogen) atoms. The minimum atomic E-state index is -0.616. The fourth-order valence-corrected chi connectivity index (χ4v) is 1.95. The van der Waals surface area contributed by atoms with Gasteiger partial charge in [0.2, 0.25) is 0 Å². The zero-order chi connectivity index (χ0) is 8.48. The van der Waals surface area contributed by atoms with E-state index >= 15 is 0 Å². The summed E-state index contributed by atoms with van der Waals surface area (Å²) in [7, 11) is 0. The van der Waals surface area contributed by atoms with Gasteiger partial charge in [-0.25, -0.2) is 0 Å². The number of carbonyl (C=O) groups is 1. The first-order valence-electron chi connectivity index (χ1n) is 4.27. The minimum absolute atomic E-state index is 0.0179. The smallest absolute Gasteiger partial charge is 0.307 e. The summed E-state index contributed by atoms with van der Waals surface area (Å²) in [6.07, 6.45) is 4.20. The highest BCUT2D eigenvalue weighted by Gasteiger charge is 2.36. The molecule has 1 rings (SSSR count). The second-order valence-electron chi connectivity index (χ2n) is 4.13. The molecule has 1 atom stereocenters. The maximum atomic E-state index is 10.8. The van der Waals surface area contributed by atoms with Crippen molar-refractivity contribution in [2.24, 2.45) is 11.3 Å². The average molecular weight is 156 g/mol. The summed E-state index contributed by atoms with van der Waals surface area (Å²) in [5.74, 6) is -0.731. The molecule has 2 heteroatoms. The Labute approximate surface area is 67.6 Å². The normalized spacial score (nSPS) is 29.8. The van der Waals surface area contributed by atoms with Gasteiger partial charge < -0.3 is 5.11 Å². The molecule has 1 aliphatic rings. The van der Waals surface area contributed by atoms with Crippen molar-refractivity contribution in [2.45, 2.75) is 39.5 Å². The molecule has 1 saturated carbocycles. The molecule has 0 unspecified atom stereocenters. The van der Waals surface area contributed by atoms with Crippen molar-refractivity contribution in [2.75, 3.05) is 0 Å². The van der Waals surface area contributed by atoms with Crippen molar-refractivity contribution in [1.82, 2.24) is 0 Å². The van der Waals surface area contributed by atoms with Crippen molar-refractivity contribution in [1.29, 1.82) is 0 Å². The van der Waals surface area contributed by atoms with E-state index in [-0.39, 0.29) is 11.3 Å². The summed E-state index contributed by atoms with van der Waals surface area (Å²) in [6, 6.07) is 0. The van der Waals surface area contributed by atoms with Crippen LogP contribution in [-0.2, 0) is 4.79 Å². The molecule has 0 aromatic heterocycles. The van der Waals surface area contributed by atoms with Crippen LogP contribution in [-0.4, -0.2) is 11.1 Å². The Morgan fingerprint density at radius 3 is 2.45 bits per heavy atom. The molecule has 0 spiro atoms. The summed E-state index contributed by atoms with van der Waals surface area (Å²) >= 11 is 0. The lowest BCUT2D eigenvalue weighted by molar-refractivity contribution is -0.147. The highest BCUT2D eigenvalue weighted by molar-refractivity contribution is 5.71. The molecule has 0 bridgehead atoms. The van der Waals surface area contributed by atoms with Gasteiger partial charge in [-0.1, -0.05) is 26.7 Å². The lowest BCUT2D eigenvalue weighted by Crippen LogP contribution is -2.33. The van der Waals surface area contributed by atoms with Gasteiger partial charge in [-0.2, -0.15) is 0 Å². The molecule has 1 N–H and O–H groups in total. The quantitative estimate of drug-likeness (QED) is 0.632. The number of carboxylic acids is 1. The van der Waals surface area contributed by atoms with Crippen LogP contribution in [0.5, 0.6) is 0 Å². The van der Waals surface area contributed by atoms with Gasteiger partial charge in [-0.05, 0) is 18.3 Å². The Kier molecular flexibility index (Phi) is 2.21. The van der Waals surface area contributed by atoms with E-state index in [0.29, 0.717) is 0 Å². The topological polar surface area (TPSA) is 37.3 Å². The Balaban J connectivity index is 2.67. The van der Waals surface area contributed by atoms with E-state index in [0.717, 1.165) is 19.3 Å². The van der Waals surface area contributed by atoms with Gasteiger partial charge in [0.15, 0.2) is 0 Å². The van der Waals surface area contributed by atoms with E-state index in [1.165, 1.54) is 6.42 Å². The molecule has 0 saturated heterocycles. The van der Waals surface area contributed by atoms with Gasteiger partial charge in [-0.3, -0.25) is 4.79 Å². The Morgan fingerprint density at radius 1 is 1.45 bits per heavy atom. The van der Waals surface area contributed by atoms with E-state index in [9.17, 15) is 4.79 Å². The Bertz CT molecular complexity index is 161. The van der Waals surface area contributed by atoms with Crippen LogP contribution in [0.15, 0.2) is 0 Å². The zero-order valence-corrected chi connectivity index (χ0v) is 7.26. The third kappa shape index (κ3) is 1.73. The van der Waals surface area contributed by atoms with Crippen LogP contribution >= 0.6 is 0 Å². The van der Waals surface area contributed by atoms with Crippen molar-refractivity contribution in [3.05, 3.63) is 0 Å². The van der Waals surface area contributed by atoms with Crippen LogP contribution in [0.2, 0.25) is 0 Å². The molecule has 0 aromatic rings. The summed E-state index contributed by atoms with van der Waals surface area (Å²) in [5, 5.41) is 8.87. The van der Waals surface area contributed by atoms with E-state index in [4.69, 9.17) is 5.11 Å². The lowest BCUT2D eigenvalue weighted by atomic mass is 9.69. The summed E-state index contributed by atoms with van der Waals surface area (Å²) in [6.45, 7) is 4.12. The fraction of sp³-hybridized carbons (Fsp3) is 0.889. The van der Waals surface area contributed by atoms with E-state index < -0.39 is 5.97 Å². The predicted molar refractivity (Wildman–Crippen MR) is 43.4 cm³/mol. The first-order chi connectivity index (χ1) is 5.04. The van der Waals surface area contributed by atoms with E-state index in [1.54, 1.807) is 0 Å². The number of rotatable bonds is 1. The third-order valence-corrected chi connectivity index (χ3v) is 2.81. The lowest BCUT2D eigenvalue weighted by Gasteiger charge is -2.35. The monoisotopic (exact) mass is 156 g/mol. The molecule has 0 amide bonds. The van der Waals surface area contributed by atoms with Crippen molar-refractivity contribution >= 4 is 5.97 Å². The molecular weight excluding hydrogens is 140 g/mol. The van der Waals surface area contributed by atoms with Crippen molar-refractivity contribution in [3.63, 3.8) is 0 Å². The van der Waals surface area contributed by atoms with Crippen LogP contribution in [0.4, 0.5) is 0 Å². The van der Waals surface area contributed by atoms with Crippen molar-refractivity contribution < 1.29 is 9.90 Å². The van der Waals surface area contributed by atoms with Crippen LogP contribution in [0.25, 0.3) is 0 Å². The van der Waals surface area contributed by atoms with Gasteiger partial charge in [-0.15, -0.1) is 0 Å². The fourth-order valence-electron chi connectivity index (χ4n) is 1.95. The molecule has 1 fully saturated rings. The largest absolute Gasteiger partial charge is 0.481 e. The number of hydrogen-bond acceptors (Lipinski definition) is 1. The van der Waals surface area contributed by atoms with E-state index in [1.807, 2.05) is 0 Å². The molecule has 0 radical (unpaired) electrons. The summed E-state index contributed by atoms with van der Waals surface area (Å²) < 4.78 is 0. The third-order valence-electron chi connectivity index (χ3n) is 2.81. The maximum Gasteiger partial charge on any atom is 0.307 e. The SMILES string of the molecule is CC1(C)CCCC[C@H]1C(=O)O. The molecule has 2 nitrogen and oxygen atoms in total. The average Bonchev–Trinajstić information content (AvgIpc) is 1.85. The highest BCUT2D eigenvalue weighted by Crippen LogP contribution is 2.40. The molecule has 0 aliphatic heterocycles. The second kappa shape index (κ2) is 2.84. The van der Waals surface area contributed by atoms with Crippen LogP contribution < -0.4 is 0 Å². The van der Waals surface area contributed by atoms with E-state index in [2.05, 4.69) is 13.8 Å². The first-order valence-corrected chi connectivity index (χ1v) is 4.27. The highest BCUT2D eigenvalue weighted by atomic mass is 16.4. The maximum absolute atomic E-state index is 10.8. The number of hydrogen-bond donors (Lipinski definition) is 1. The van der Waals surface area contributed by atoms with Gasteiger partial charge in [0, 0.05) is 0 Å². The molecule has 0 heterocycles. The molecule has 1 aliphatic carbocycles. The zero-order valence-electron chi connectivity index (χ0n) is 7.26. The molecule has 64 valence electrons. The summed E-state index contributed by atoms with van der Waals surface area (Å²) in [5.41, 5.74) is 0.0179. The number of carboxylic acid groups (broad SMARTS) is 1. The van der Waals surface area contributed by atoms with Gasteiger partial charge in [0.1, 0.15) is 0 Å². The van der Waals surface area contributed by atoms with Gasteiger partial charge in [0.25, 0.3) is 0 Å².